The zero-order valence-corrected chi connectivity index (χ0v) is 20.6. The molecule has 0 aliphatic carbocycles. The third kappa shape index (κ3) is 3.28. The van der Waals surface area contributed by atoms with Crippen molar-refractivity contribution in [2.75, 3.05) is 5.32 Å². The van der Waals surface area contributed by atoms with Crippen molar-refractivity contribution in [3.05, 3.63) is 133 Å². The second-order valence-corrected chi connectivity index (χ2v) is 9.87. The van der Waals surface area contributed by atoms with Crippen LogP contribution >= 0.6 is 0 Å². The minimum absolute atomic E-state index is 0.878. The highest BCUT2D eigenvalue weighted by Crippen LogP contribution is 2.39. The number of benzene rings is 7. The fourth-order valence-corrected chi connectivity index (χ4v) is 5.79. The van der Waals surface area contributed by atoms with E-state index >= 15 is 0 Å². The fraction of sp³-hybridized carbons (Fsp3) is 0. The van der Waals surface area contributed by atoms with Crippen LogP contribution in [0.1, 0.15) is 0 Å². The maximum absolute atomic E-state index is 6.41. The molecule has 0 bridgehead atoms. The van der Waals surface area contributed by atoms with Crippen LogP contribution in [0.4, 0.5) is 11.4 Å². The Bertz CT molecular complexity index is 2160. The highest BCUT2D eigenvalue weighted by atomic mass is 16.3. The van der Waals surface area contributed by atoms with Crippen LogP contribution in [0.2, 0.25) is 0 Å². The maximum atomic E-state index is 6.41. The van der Waals surface area contributed by atoms with Crippen molar-refractivity contribution in [3.63, 3.8) is 0 Å². The summed E-state index contributed by atoms with van der Waals surface area (Å²) in [6, 6.07) is 47.4. The first-order valence-corrected chi connectivity index (χ1v) is 12.9. The summed E-state index contributed by atoms with van der Waals surface area (Å²) in [7, 11) is 0. The molecule has 8 rings (SSSR count). The Morgan fingerprint density at radius 3 is 2.11 bits per heavy atom. The number of anilines is 2. The minimum atomic E-state index is 0.878. The predicted molar refractivity (Wildman–Crippen MR) is 161 cm³/mol. The van der Waals surface area contributed by atoms with E-state index in [2.05, 4.69) is 139 Å². The van der Waals surface area contributed by atoms with Crippen molar-refractivity contribution < 1.29 is 4.42 Å². The second-order valence-electron chi connectivity index (χ2n) is 9.87. The van der Waals surface area contributed by atoms with Gasteiger partial charge in [0.15, 0.2) is 5.58 Å². The lowest BCUT2D eigenvalue weighted by Crippen LogP contribution is -1.91. The van der Waals surface area contributed by atoms with Gasteiger partial charge in [0.2, 0.25) is 0 Å². The summed E-state index contributed by atoms with van der Waals surface area (Å²) < 4.78 is 6.41. The summed E-state index contributed by atoms with van der Waals surface area (Å²) in [6.07, 6.45) is 0. The summed E-state index contributed by atoms with van der Waals surface area (Å²) in [6.45, 7) is 0. The number of hydrogen-bond acceptors (Lipinski definition) is 2. The van der Waals surface area contributed by atoms with E-state index in [-0.39, 0.29) is 0 Å². The van der Waals surface area contributed by atoms with Crippen molar-refractivity contribution in [1.82, 2.24) is 0 Å². The largest absolute Gasteiger partial charge is 0.454 e. The van der Waals surface area contributed by atoms with Gasteiger partial charge in [-0.1, -0.05) is 103 Å². The van der Waals surface area contributed by atoms with E-state index in [1.165, 1.54) is 48.8 Å². The monoisotopic (exact) mass is 485 g/mol. The van der Waals surface area contributed by atoms with Gasteiger partial charge in [0, 0.05) is 16.5 Å². The molecule has 0 amide bonds. The molecule has 1 aromatic heterocycles. The SMILES string of the molecule is c1ccc2c(-c3ccc4ccc(Nc5cccc6c5oc5ccc7ccccc7c56)cc4c3)cccc2c1. The zero-order chi connectivity index (χ0) is 25.1. The van der Waals surface area contributed by atoms with Crippen LogP contribution in [0, 0.1) is 0 Å². The van der Waals surface area contributed by atoms with Crippen LogP contribution in [0.25, 0.3) is 65.4 Å². The first-order chi connectivity index (χ1) is 18.8. The minimum Gasteiger partial charge on any atom is -0.454 e. The summed E-state index contributed by atoms with van der Waals surface area (Å²) in [4.78, 5) is 0. The Balaban J connectivity index is 1.23. The van der Waals surface area contributed by atoms with Crippen molar-refractivity contribution in [2.24, 2.45) is 0 Å². The lowest BCUT2D eigenvalue weighted by molar-refractivity contribution is 0.670. The number of rotatable bonds is 3. The molecule has 0 spiro atoms. The van der Waals surface area contributed by atoms with Gasteiger partial charge in [0.1, 0.15) is 5.58 Å². The van der Waals surface area contributed by atoms with Gasteiger partial charge in [-0.3, -0.25) is 0 Å². The molecular formula is C36H23NO. The molecule has 0 fully saturated rings. The number of furan rings is 1. The predicted octanol–water partition coefficient (Wildman–Crippen LogP) is 10.5. The van der Waals surface area contributed by atoms with Gasteiger partial charge >= 0.3 is 0 Å². The standard InChI is InChI=1S/C36H23NO/c1-3-10-29-24(7-1)9-5-12-30(29)26-16-15-23-17-19-28(22-27(23)21-26)37-33-14-6-13-32-35-31-11-4-2-8-25(31)18-20-34(35)38-36(32)33/h1-22,37H. The van der Waals surface area contributed by atoms with Crippen LogP contribution in [0.5, 0.6) is 0 Å². The van der Waals surface area contributed by atoms with E-state index in [9.17, 15) is 0 Å². The van der Waals surface area contributed by atoms with Gasteiger partial charge in [-0.2, -0.15) is 0 Å². The van der Waals surface area contributed by atoms with Crippen molar-refractivity contribution in [2.45, 2.75) is 0 Å². The molecule has 1 heterocycles. The topological polar surface area (TPSA) is 25.2 Å². The normalized spacial score (nSPS) is 11.7. The molecule has 0 atom stereocenters. The van der Waals surface area contributed by atoms with Gasteiger partial charge in [-0.15, -0.1) is 0 Å². The summed E-state index contributed by atoms with van der Waals surface area (Å²) in [5.41, 5.74) is 6.26. The molecular weight excluding hydrogens is 462 g/mol. The van der Waals surface area contributed by atoms with E-state index < -0.39 is 0 Å². The molecule has 2 nitrogen and oxygen atoms in total. The van der Waals surface area contributed by atoms with E-state index in [4.69, 9.17) is 4.42 Å². The first-order valence-electron chi connectivity index (χ1n) is 12.9. The van der Waals surface area contributed by atoms with Crippen LogP contribution in [0.3, 0.4) is 0 Å². The molecule has 178 valence electrons. The lowest BCUT2D eigenvalue weighted by Gasteiger charge is -2.11. The summed E-state index contributed by atoms with van der Waals surface area (Å²) in [5.74, 6) is 0. The molecule has 7 aromatic carbocycles. The molecule has 0 aliphatic heterocycles. The number of para-hydroxylation sites is 1. The molecule has 0 saturated heterocycles. The molecule has 0 radical (unpaired) electrons. The van der Waals surface area contributed by atoms with Gasteiger partial charge in [-0.05, 0) is 73.8 Å². The lowest BCUT2D eigenvalue weighted by atomic mass is 9.96. The molecule has 38 heavy (non-hydrogen) atoms. The molecule has 1 N–H and O–H groups in total. The Morgan fingerprint density at radius 1 is 0.474 bits per heavy atom. The molecule has 8 aromatic rings. The number of nitrogens with one attached hydrogen (secondary N) is 1. The van der Waals surface area contributed by atoms with E-state index in [1.807, 2.05) is 0 Å². The average molecular weight is 486 g/mol. The van der Waals surface area contributed by atoms with Crippen LogP contribution < -0.4 is 5.32 Å². The molecule has 2 heteroatoms. The van der Waals surface area contributed by atoms with Crippen molar-refractivity contribution >= 4 is 65.6 Å². The molecule has 0 unspecified atom stereocenters. The van der Waals surface area contributed by atoms with Crippen LogP contribution in [0.15, 0.2) is 138 Å². The number of fused-ring (bicyclic) bond motifs is 7. The molecule has 0 aliphatic rings. The Kier molecular flexibility index (Phi) is 4.55. The average Bonchev–Trinajstić information content (AvgIpc) is 3.37. The third-order valence-electron chi connectivity index (χ3n) is 7.61. The van der Waals surface area contributed by atoms with Crippen molar-refractivity contribution in [3.8, 4) is 11.1 Å². The maximum Gasteiger partial charge on any atom is 0.158 e. The van der Waals surface area contributed by atoms with Gasteiger partial charge < -0.3 is 9.73 Å². The smallest absolute Gasteiger partial charge is 0.158 e. The quantitative estimate of drug-likeness (QED) is 0.269. The fourth-order valence-electron chi connectivity index (χ4n) is 5.79. The summed E-state index contributed by atoms with van der Waals surface area (Å²) in [5, 5.41) is 13.3. The number of hydrogen-bond donors (Lipinski definition) is 1. The van der Waals surface area contributed by atoms with Crippen LogP contribution in [-0.2, 0) is 0 Å². The Morgan fingerprint density at radius 2 is 1.18 bits per heavy atom. The first kappa shape index (κ1) is 21.0. The zero-order valence-electron chi connectivity index (χ0n) is 20.6. The van der Waals surface area contributed by atoms with Gasteiger partial charge in [-0.25, -0.2) is 0 Å². The third-order valence-corrected chi connectivity index (χ3v) is 7.61. The van der Waals surface area contributed by atoms with Crippen LogP contribution in [-0.4, -0.2) is 0 Å². The second kappa shape index (κ2) is 8.22. The highest BCUT2D eigenvalue weighted by molar-refractivity contribution is 6.20. The van der Waals surface area contributed by atoms with E-state index in [1.54, 1.807) is 0 Å². The highest BCUT2D eigenvalue weighted by Gasteiger charge is 2.14. The van der Waals surface area contributed by atoms with E-state index in [0.29, 0.717) is 0 Å². The Labute approximate surface area is 219 Å². The summed E-state index contributed by atoms with van der Waals surface area (Å²) >= 11 is 0. The Hall–Kier alpha value is -5.08. The molecule has 0 saturated carbocycles. The van der Waals surface area contributed by atoms with Gasteiger partial charge in [0.05, 0.1) is 5.69 Å². The van der Waals surface area contributed by atoms with E-state index in [0.717, 1.165) is 27.9 Å². The van der Waals surface area contributed by atoms with Crippen molar-refractivity contribution in [1.29, 1.82) is 0 Å². The van der Waals surface area contributed by atoms with Gasteiger partial charge in [0.25, 0.3) is 0 Å².